The van der Waals surface area contributed by atoms with Gasteiger partial charge in [-0.15, -0.1) is 0 Å². The Hall–Kier alpha value is -2.95. The number of oxime groups is 1. The minimum atomic E-state index is -4.54. The second-order valence-corrected chi connectivity index (χ2v) is 8.46. The normalized spacial score (nSPS) is 14.2. The van der Waals surface area contributed by atoms with Crippen molar-refractivity contribution in [3.05, 3.63) is 71.0 Å². The summed E-state index contributed by atoms with van der Waals surface area (Å²) in [6.07, 6.45) is -3.23. The van der Waals surface area contributed by atoms with Crippen molar-refractivity contribution < 1.29 is 31.4 Å². The third kappa shape index (κ3) is 7.53. The Kier molecular flexibility index (Phi) is 6.96. The maximum atomic E-state index is 12.9. The molecule has 0 fully saturated rings. The van der Waals surface area contributed by atoms with E-state index in [1.54, 1.807) is 0 Å². The molecule has 29 heavy (non-hydrogen) atoms. The van der Waals surface area contributed by atoms with E-state index in [1.165, 1.54) is 54.8 Å². The number of amides is 1. The maximum Gasteiger partial charge on any atom is 0.425 e. The molecule has 1 amide bonds. The van der Waals surface area contributed by atoms with Crippen molar-refractivity contribution >= 4 is 21.5 Å². The molecule has 0 aliphatic rings. The van der Waals surface area contributed by atoms with Gasteiger partial charge in [-0.25, -0.2) is 8.60 Å². The minimum Gasteiger partial charge on any atom is -0.384 e. The fourth-order valence-electron chi connectivity index (χ4n) is 2.16. The summed E-state index contributed by atoms with van der Waals surface area (Å²) in [4.78, 5) is 16.4. The standard InChI is InChI=1S/C18H17F4N3O3S/c1-29(27,10-12-2-8-15(19)9-3-12)25-17(26)14-6-4-13(5-7-14)16(23)24-28-11-18(20,21)22/h2-9H,10-11H2,1H3,(H2,23,24). The predicted molar refractivity (Wildman–Crippen MR) is 100 cm³/mol. The number of rotatable bonds is 6. The van der Waals surface area contributed by atoms with Crippen LogP contribution in [0.15, 0.2) is 58.0 Å². The molecular weight excluding hydrogens is 414 g/mol. The lowest BCUT2D eigenvalue weighted by molar-refractivity contribution is -0.173. The molecule has 0 aliphatic heterocycles. The van der Waals surface area contributed by atoms with Crippen LogP contribution in [0.1, 0.15) is 21.5 Å². The van der Waals surface area contributed by atoms with Crippen LogP contribution in [0, 0.1) is 5.82 Å². The van der Waals surface area contributed by atoms with Gasteiger partial charge < -0.3 is 10.6 Å². The molecule has 1 atom stereocenters. The largest absolute Gasteiger partial charge is 0.425 e. The molecule has 1 unspecified atom stereocenters. The number of alkyl halides is 3. The monoisotopic (exact) mass is 431 g/mol. The van der Waals surface area contributed by atoms with E-state index in [-0.39, 0.29) is 22.7 Å². The molecule has 11 heteroatoms. The van der Waals surface area contributed by atoms with E-state index in [0.717, 1.165) is 0 Å². The summed E-state index contributed by atoms with van der Waals surface area (Å²) in [6, 6.07) is 10.7. The van der Waals surface area contributed by atoms with Gasteiger partial charge >= 0.3 is 6.18 Å². The average molecular weight is 431 g/mol. The van der Waals surface area contributed by atoms with E-state index in [1.807, 2.05) is 0 Å². The number of carbonyl (C=O) groups excluding carboxylic acids is 1. The topological polar surface area (TPSA) is 94.1 Å². The Morgan fingerprint density at radius 3 is 2.17 bits per heavy atom. The van der Waals surface area contributed by atoms with Gasteiger partial charge in [-0.05, 0) is 29.8 Å². The molecule has 0 aliphatic carbocycles. The van der Waals surface area contributed by atoms with Crippen LogP contribution in [0.3, 0.4) is 0 Å². The van der Waals surface area contributed by atoms with E-state index in [9.17, 15) is 26.6 Å². The van der Waals surface area contributed by atoms with Crippen LogP contribution in [-0.2, 0) is 20.3 Å². The molecular formula is C18H17F4N3O3S. The number of hydrogen-bond donors (Lipinski definition) is 1. The van der Waals surface area contributed by atoms with Crippen LogP contribution in [0.4, 0.5) is 17.6 Å². The first-order chi connectivity index (χ1) is 13.5. The Morgan fingerprint density at radius 1 is 1.07 bits per heavy atom. The van der Waals surface area contributed by atoms with E-state index in [0.29, 0.717) is 5.56 Å². The van der Waals surface area contributed by atoms with Crippen LogP contribution in [0.2, 0.25) is 0 Å². The summed E-state index contributed by atoms with van der Waals surface area (Å²) < 4.78 is 65.3. The number of nitrogens with zero attached hydrogens (tertiary/aromatic N) is 2. The minimum absolute atomic E-state index is 0.0345. The molecule has 0 aromatic heterocycles. The highest BCUT2D eigenvalue weighted by Gasteiger charge is 2.28. The molecule has 2 rings (SSSR count). The zero-order chi connectivity index (χ0) is 21.7. The molecule has 0 saturated heterocycles. The molecule has 2 N–H and O–H groups in total. The quantitative estimate of drug-likeness (QED) is 0.328. The van der Waals surface area contributed by atoms with Gasteiger partial charge in [0.15, 0.2) is 5.84 Å². The van der Waals surface area contributed by atoms with Gasteiger partial charge in [0, 0.05) is 17.4 Å². The Balaban J connectivity index is 2.09. The van der Waals surface area contributed by atoms with Crippen molar-refractivity contribution in [1.29, 1.82) is 0 Å². The van der Waals surface area contributed by atoms with E-state index >= 15 is 0 Å². The van der Waals surface area contributed by atoms with Crippen LogP contribution in [-0.4, -0.2) is 35.0 Å². The molecule has 156 valence electrons. The maximum absolute atomic E-state index is 12.9. The summed E-state index contributed by atoms with van der Waals surface area (Å²) in [7, 11) is -2.92. The number of hydrogen-bond acceptors (Lipinski definition) is 4. The lowest BCUT2D eigenvalue weighted by Gasteiger charge is -2.06. The smallest absolute Gasteiger partial charge is 0.384 e. The van der Waals surface area contributed by atoms with Crippen molar-refractivity contribution in [2.24, 2.45) is 15.3 Å². The lowest BCUT2D eigenvalue weighted by atomic mass is 10.1. The summed E-state index contributed by atoms with van der Waals surface area (Å²) in [5.74, 6) is -1.51. The molecule has 0 radical (unpaired) electrons. The van der Waals surface area contributed by atoms with Gasteiger partial charge in [-0.1, -0.05) is 29.4 Å². The molecule has 0 saturated carbocycles. The average Bonchev–Trinajstić information content (AvgIpc) is 2.62. The SMILES string of the molecule is CS(=O)(Cc1ccc(F)cc1)=NC(=O)c1ccc(/C(N)=N/OCC(F)(F)F)cc1. The third-order valence-electron chi connectivity index (χ3n) is 3.44. The highest BCUT2D eigenvalue weighted by atomic mass is 32.2. The summed E-state index contributed by atoms with van der Waals surface area (Å²) in [5, 5.41) is 3.16. The van der Waals surface area contributed by atoms with E-state index in [4.69, 9.17) is 5.73 Å². The number of benzene rings is 2. The van der Waals surface area contributed by atoms with Crippen LogP contribution >= 0.6 is 0 Å². The van der Waals surface area contributed by atoms with E-state index in [2.05, 4.69) is 14.4 Å². The second kappa shape index (κ2) is 9.03. The number of nitrogens with two attached hydrogens (primary N) is 1. The molecule has 2 aromatic rings. The lowest BCUT2D eigenvalue weighted by Crippen LogP contribution is -2.18. The summed E-state index contributed by atoms with van der Waals surface area (Å²) in [5.41, 5.74) is 6.42. The van der Waals surface area contributed by atoms with Gasteiger partial charge in [0.1, 0.15) is 5.82 Å². The highest BCUT2D eigenvalue weighted by Crippen LogP contribution is 2.15. The van der Waals surface area contributed by atoms with Crippen molar-refractivity contribution in [2.75, 3.05) is 12.9 Å². The fraction of sp³-hybridized carbons (Fsp3) is 0.222. The second-order valence-electron chi connectivity index (χ2n) is 6.07. The van der Waals surface area contributed by atoms with Crippen LogP contribution < -0.4 is 5.73 Å². The van der Waals surface area contributed by atoms with Gasteiger partial charge in [0.25, 0.3) is 5.91 Å². The van der Waals surface area contributed by atoms with Crippen LogP contribution in [0.25, 0.3) is 0 Å². The van der Waals surface area contributed by atoms with Crippen molar-refractivity contribution in [3.63, 3.8) is 0 Å². The van der Waals surface area contributed by atoms with E-state index < -0.39 is 34.2 Å². The number of carbonyl (C=O) groups is 1. The highest BCUT2D eigenvalue weighted by molar-refractivity contribution is 7.92. The fourth-order valence-corrected chi connectivity index (χ4v) is 3.49. The predicted octanol–water partition coefficient (Wildman–Crippen LogP) is 3.46. The Bertz CT molecular complexity index is 1010. The van der Waals surface area contributed by atoms with Crippen LogP contribution in [0.5, 0.6) is 0 Å². The first-order valence-electron chi connectivity index (χ1n) is 8.06. The number of halogens is 4. The van der Waals surface area contributed by atoms with Gasteiger partial charge in [0.05, 0.1) is 15.5 Å². The first-order valence-corrected chi connectivity index (χ1v) is 10.2. The van der Waals surface area contributed by atoms with Crippen molar-refractivity contribution in [1.82, 2.24) is 0 Å². The molecule has 0 bridgehead atoms. The van der Waals surface area contributed by atoms with Gasteiger partial charge in [-0.2, -0.15) is 17.5 Å². The molecule has 2 aromatic carbocycles. The number of amidine groups is 1. The molecule has 0 spiro atoms. The first kappa shape index (κ1) is 22.3. The van der Waals surface area contributed by atoms with Gasteiger partial charge in [-0.3, -0.25) is 4.79 Å². The molecule has 0 heterocycles. The van der Waals surface area contributed by atoms with Crippen molar-refractivity contribution in [3.8, 4) is 0 Å². The van der Waals surface area contributed by atoms with Gasteiger partial charge in [0.2, 0.25) is 6.61 Å². The molecule has 6 nitrogen and oxygen atoms in total. The third-order valence-corrected chi connectivity index (χ3v) is 4.86. The zero-order valence-corrected chi connectivity index (χ0v) is 16.0. The summed E-state index contributed by atoms with van der Waals surface area (Å²) >= 11 is 0. The van der Waals surface area contributed by atoms with Crippen molar-refractivity contribution in [2.45, 2.75) is 11.9 Å². The Morgan fingerprint density at radius 2 is 1.62 bits per heavy atom. The zero-order valence-electron chi connectivity index (χ0n) is 15.1. The Labute approximate surface area is 164 Å². The summed E-state index contributed by atoms with van der Waals surface area (Å²) in [6.45, 7) is -1.58.